The van der Waals surface area contributed by atoms with Crippen LogP contribution in [0.5, 0.6) is 0 Å². The first-order valence-electron chi connectivity index (χ1n) is 8.32. The molecule has 0 spiro atoms. The fourth-order valence-corrected chi connectivity index (χ4v) is 3.97. The standard InChI is InChI=1S/C17H15F4N3O2S2/c1-2-26-16(25)10-8-22-24(17(27)23-3-5-28-6-4-23)15(10)9-7-11(18)13(20)14(21)12(9)19/h7-8H,2-6H2,1H3. The van der Waals surface area contributed by atoms with Crippen molar-refractivity contribution in [2.75, 3.05) is 31.2 Å². The van der Waals surface area contributed by atoms with E-state index in [0.29, 0.717) is 19.2 Å². The highest BCUT2D eigenvalue weighted by molar-refractivity contribution is 7.99. The zero-order valence-electron chi connectivity index (χ0n) is 14.7. The van der Waals surface area contributed by atoms with Crippen molar-refractivity contribution in [2.45, 2.75) is 6.92 Å². The highest BCUT2D eigenvalue weighted by Gasteiger charge is 2.29. The van der Waals surface area contributed by atoms with Gasteiger partial charge in [-0.2, -0.15) is 16.9 Å². The van der Waals surface area contributed by atoms with Gasteiger partial charge >= 0.3 is 5.97 Å². The van der Waals surface area contributed by atoms with Crippen LogP contribution in [0, 0.1) is 23.3 Å². The van der Waals surface area contributed by atoms with Crippen molar-refractivity contribution < 1.29 is 27.1 Å². The summed E-state index contributed by atoms with van der Waals surface area (Å²) < 4.78 is 61.5. The first-order valence-corrected chi connectivity index (χ1v) is 9.88. The van der Waals surface area contributed by atoms with E-state index in [4.69, 9.17) is 17.0 Å². The molecule has 5 nitrogen and oxygen atoms in total. The predicted octanol–water partition coefficient (Wildman–Crippen LogP) is 3.47. The normalized spacial score (nSPS) is 14.2. The zero-order chi connectivity index (χ0) is 20.4. The van der Waals surface area contributed by atoms with Crippen molar-refractivity contribution in [3.05, 3.63) is 41.1 Å². The van der Waals surface area contributed by atoms with Gasteiger partial charge < -0.3 is 9.64 Å². The maximum atomic E-state index is 14.5. The second-order valence-electron chi connectivity index (χ2n) is 5.77. The van der Waals surface area contributed by atoms with E-state index in [1.165, 1.54) is 0 Å². The van der Waals surface area contributed by atoms with E-state index in [9.17, 15) is 22.4 Å². The summed E-state index contributed by atoms with van der Waals surface area (Å²) in [6, 6.07) is 0.471. The van der Waals surface area contributed by atoms with Crippen LogP contribution in [0.1, 0.15) is 17.3 Å². The number of ether oxygens (including phenoxy) is 1. The summed E-state index contributed by atoms with van der Waals surface area (Å²) in [5.41, 5.74) is -1.21. The van der Waals surface area contributed by atoms with Crippen LogP contribution < -0.4 is 0 Å². The second-order valence-corrected chi connectivity index (χ2v) is 7.36. The molecule has 150 valence electrons. The summed E-state index contributed by atoms with van der Waals surface area (Å²) in [5, 5.41) is 4.15. The number of thiocarbonyl (C=S) groups is 1. The van der Waals surface area contributed by atoms with Crippen LogP contribution in [0.2, 0.25) is 0 Å². The molecule has 0 aliphatic carbocycles. The van der Waals surface area contributed by atoms with Gasteiger partial charge in [0, 0.05) is 30.2 Å². The van der Waals surface area contributed by atoms with Gasteiger partial charge in [-0.25, -0.2) is 27.0 Å². The Morgan fingerprint density at radius 1 is 1.21 bits per heavy atom. The molecule has 0 saturated carbocycles. The predicted molar refractivity (Wildman–Crippen MR) is 100 cm³/mol. The molecule has 1 aromatic carbocycles. The molecule has 1 fully saturated rings. The van der Waals surface area contributed by atoms with Gasteiger partial charge in [-0.3, -0.25) is 0 Å². The number of carbonyl (C=O) groups is 1. The largest absolute Gasteiger partial charge is 0.462 e. The lowest BCUT2D eigenvalue weighted by atomic mass is 10.1. The lowest BCUT2D eigenvalue weighted by Gasteiger charge is -2.29. The van der Waals surface area contributed by atoms with Crippen molar-refractivity contribution in [3.8, 4) is 11.3 Å². The number of rotatable bonds is 3. The highest BCUT2D eigenvalue weighted by atomic mass is 32.2. The van der Waals surface area contributed by atoms with Gasteiger partial charge in [-0.05, 0) is 25.2 Å². The molecule has 1 aromatic heterocycles. The van der Waals surface area contributed by atoms with Gasteiger partial charge in [0.15, 0.2) is 28.4 Å². The molecule has 2 heterocycles. The molecule has 0 N–H and O–H groups in total. The van der Waals surface area contributed by atoms with E-state index >= 15 is 0 Å². The van der Waals surface area contributed by atoms with Crippen LogP contribution in [0.25, 0.3) is 11.3 Å². The molecular formula is C17H15F4N3O2S2. The molecule has 0 bridgehead atoms. The Kier molecular flexibility index (Phi) is 6.23. The summed E-state index contributed by atoms with van der Waals surface area (Å²) in [7, 11) is 0. The van der Waals surface area contributed by atoms with Gasteiger partial charge in [-0.15, -0.1) is 0 Å². The number of aromatic nitrogens is 2. The minimum absolute atomic E-state index is 0.0197. The Bertz CT molecular complexity index is 930. The zero-order valence-corrected chi connectivity index (χ0v) is 16.3. The lowest BCUT2D eigenvalue weighted by molar-refractivity contribution is 0.0527. The first kappa shape index (κ1) is 20.6. The van der Waals surface area contributed by atoms with E-state index < -0.39 is 34.8 Å². The number of thioether (sulfide) groups is 1. The van der Waals surface area contributed by atoms with Gasteiger partial charge in [0.05, 0.1) is 18.5 Å². The topological polar surface area (TPSA) is 47.4 Å². The average molecular weight is 433 g/mol. The Morgan fingerprint density at radius 3 is 2.54 bits per heavy atom. The quantitative estimate of drug-likeness (QED) is 0.243. The molecule has 0 atom stereocenters. The van der Waals surface area contributed by atoms with E-state index in [1.54, 1.807) is 23.6 Å². The molecule has 2 aromatic rings. The number of hydrogen-bond donors (Lipinski definition) is 0. The van der Waals surface area contributed by atoms with Crippen LogP contribution >= 0.6 is 24.0 Å². The average Bonchev–Trinajstić information content (AvgIpc) is 3.14. The molecule has 1 aliphatic heterocycles. The number of halogens is 4. The van der Waals surface area contributed by atoms with Gasteiger partial charge in [-0.1, -0.05) is 0 Å². The van der Waals surface area contributed by atoms with Crippen molar-refractivity contribution in [1.29, 1.82) is 0 Å². The first-order chi connectivity index (χ1) is 13.4. The van der Waals surface area contributed by atoms with Crippen molar-refractivity contribution in [1.82, 2.24) is 14.7 Å². The molecule has 11 heteroatoms. The van der Waals surface area contributed by atoms with E-state index in [1.807, 2.05) is 0 Å². The van der Waals surface area contributed by atoms with Gasteiger partial charge in [0.25, 0.3) is 0 Å². The molecule has 0 unspecified atom stereocenters. The summed E-state index contributed by atoms with van der Waals surface area (Å²) in [6.45, 7) is 2.76. The smallest absolute Gasteiger partial charge is 0.342 e. The SMILES string of the molecule is CCOC(=O)c1cnn(C(=S)N2CCSCC2)c1-c1cc(F)c(F)c(F)c1F. The van der Waals surface area contributed by atoms with Crippen LogP contribution in [-0.2, 0) is 4.74 Å². The second kappa shape index (κ2) is 8.48. The molecule has 3 rings (SSSR count). The fraction of sp³-hybridized carbons (Fsp3) is 0.353. The highest BCUT2D eigenvalue weighted by Crippen LogP contribution is 2.31. The van der Waals surface area contributed by atoms with Gasteiger partial charge in [0.1, 0.15) is 5.56 Å². The molecule has 0 radical (unpaired) electrons. The monoisotopic (exact) mass is 433 g/mol. The Balaban J connectivity index is 2.18. The summed E-state index contributed by atoms with van der Waals surface area (Å²) >= 11 is 7.14. The molecule has 28 heavy (non-hydrogen) atoms. The van der Waals surface area contributed by atoms with E-state index in [2.05, 4.69) is 5.10 Å². The third kappa shape index (κ3) is 3.72. The number of nitrogens with zero attached hydrogens (tertiary/aromatic N) is 3. The Morgan fingerprint density at radius 2 is 1.89 bits per heavy atom. The number of benzene rings is 1. The molecular weight excluding hydrogens is 418 g/mol. The third-order valence-corrected chi connectivity index (χ3v) is 5.46. The summed E-state index contributed by atoms with van der Waals surface area (Å²) in [6.07, 6.45) is 1.08. The maximum Gasteiger partial charge on any atom is 0.342 e. The summed E-state index contributed by atoms with van der Waals surface area (Å²) in [4.78, 5) is 14.1. The Labute approximate surface area is 167 Å². The third-order valence-electron chi connectivity index (χ3n) is 4.09. The summed E-state index contributed by atoms with van der Waals surface area (Å²) in [5.74, 6) is -6.45. The van der Waals surface area contributed by atoms with Gasteiger partial charge in [0.2, 0.25) is 0 Å². The Hall–Kier alpha value is -2.14. The maximum absolute atomic E-state index is 14.5. The minimum Gasteiger partial charge on any atom is -0.462 e. The van der Waals surface area contributed by atoms with Crippen LogP contribution in [0.4, 0.5) is 17.6 Å². The fourth-order valence-electron chi connectivity index (χ4n) is 2.74. The number of carbonyl (C=O) groups excluding carboxylic acids is 1. The van der Waals surface area contributed by atoms with Crippen molar-refractivity contribution >= 4 is 35.1 Å². The van der Waals surface area contributed by atoms with Crippen molar-refractivity contribution in [2.24, 2.45) is 0 Å². The molecule has 0 amide bonds. The van der Waals surface area contributed by atoms with Crippen molar-refractivity contribution in [3.63, 3.8) is 0 Å². The molecule has 1 aliphatic rings. The molecule has 1 saturated heterocycles. The lowest BCUT2D eigenvalue weighted by Crippen LogP contribution is -2.41. The van der Waals surface area contributed by atoms with E-state index in [-0.39, 0.29) is 23.0 Å². The number of hydrogen-bond acceptors (Lipinski definition) is 5. The minimum atomic E-state index is -1.99. The van der Waals surface area contributed by atoms with Crippen LogP contribution in [0.15, 0.2) is 12.3 Å². The van der Waals surface area contributed by atoms with Crippen LogP contribution in [0.3, 0.4) is 0 Å². The van der Waals surface area contributed by atoms with Crippen LogP contribution in [-0.4, -0.2) is 57.0 Å². The number of esters is 1. The van der Waals surface area contributed by atoms with E-state index in [0.717, 1.165) is 22.4 Å².